The van der Waals surface area contributed by atoms with Crippen LogP contribution in [0.2, 0.25) is 0 Å². The van der Waals surface area contributed by atoms with Gasteiger partial charge in [-0.1, -0.05) is 23.8 Å². The Kier molecular flexibility index (Phi) is 4.25. The highest BCUT2D eigenvalue weighted by atomic mass is 16.5. The van der Waals surface area contributed by atoms with Crippen LogP contribution in [0, 0.1) is 19.3 Å². The number of ether oxygens (including phenoxy) is 1. The lowest BCUT2D eigenvalue weighted by Gasteiger charge is -2.14. The van der Waals surface area contributed by atoms with E-state index >= 15 is 0 Å². The van der Waals surface area contributed by atoms with Gasteiger partial charge in [0.25, 0.3) is 0 Å². The molecule has 1 aromatic rings. The number of benzene rings is 1. The minimum Gasteiger partial charge on any atom is -0.469 e. The van der Waals surface area contributed by atoms with E-state index in [1.807, 2.05) is 0 Å². The van der Waals surface area contributed by atoms with E-state index in [1.54, 1.807) is 0 Å². The van der Waals surface area contributed by atoms with Gasteiger partial charge in [0.15, 0.2) is 0 Å². The maximum atomic E-state index is 11.6. The van der Waals surface area contributed by atoms with Gasteiger partial charge in [-0.15, -0.1) is 0 Å². The summed E-state index contributed by atoms with van der Waals surface area (Å²) in [5, 5.41) is 3.39. The Morgan fingerprint density at radius 2 is 2.11 bits per heavy atom. The number of rotatable bonds is 6. The zero-order valence-electron chi connectivity index (χ0n) is 12.1. The molecule has 0 aliphatic heterocycles. The molecule has 104 valence electrons. The Labute approximate surface area is 115 Å². The van der Waals surface area contributed by atoms with Crippen LogP contribution in [0.25, 0.3) is 0 Å². The average Bonchev–Trinajstić information content (AvgIpc) is 3.17. The van der Waals surface area contributed by atoms with Crippen LogP contribution in [-0.2, 0) is 16.0 Å². The molecule has 1 aliphatic rings. The van der Waals surface area contributed by atoms with Crippen molar-refractivity contribution in [1.29, 1.82) is 0 Å². The van der Waals surface area contributed by atoms with Gasteiger partial charge < -0.3 is 10.1 Å². The van der Waals surface area contributed by atoms with Gasteiger partial charge in [0, 0.05) is 6.54 Å². The van der Waals surface area contributed by atoms with E-state index in [4.69, 9.17) is 4.74 Å². The van der Waals surface area contributed by atoms with E-state index in [0.29, 0.717) is 0 Å². The van der Waals surface area contributed by atoms with Crippen LogP contribution in [0.4, 0.5) is 0 Å². The molecule has 2 rings (SSSR count). The lowest BCUT2D eigenvalue weighted by molar-refractivity contribution is -0.146. The number of nitrogens with one attached hydrogen (secondary N) is 1. The van der Waals surface area contributed by atoms with Crippen molar-refractivity contribution >= 4 is 5.97 Å². The number of hydrogen-bond acceptors (Lipinski definition) is 3. The van der Waals surface area contributed by atoms with Crippen LogP contribution in [0.15, 0.2) is 18.2 Å². The van der Waals surface area contributed by atoms with E-state index in [-0.39, 0.29) is 11.4 Å². The molecule has 0 aromatic heterocycles. The van der Waals surface area contributed by atoms with Gasteiger partial charge in [-0.05, 0) is 50.8 Å². The predicted octanol–water partition coefficient (Wildman–Crippen LogP) is 2.39. The molecule has 0 radical (unpaired) electrons. The minimum atomic E-state index is -0.225. The van der Waals surface area contributed by atoms with Gasteiger partial charge in [-0.2, -0.15) is 0 Å². The first-order valence-corrected chi connectivity index (χ1v) is 6.93. The monoisotopic (exact) mass is 261 g/mol. The highest BCUT2D eigenvalue weighted by molar-refractivity contribution is 5.80. The normalized spacial score (nSPS) is 16.2. The molecule has 1 N–H and O–H groups in total. The zero-order valence-corrected chi connectivity index (χ0v) is 12.1. The molecule has 0 saturated heterocycles. The fourth-order valence-electron chi connectivity index (χ4n) is 2.50. The first-order chi connectivity index (χ1) is 9.07. The molecule has 1 saturated carbocycles. The Balaban J connectivity index is 1.77. The summed E-state index contributed by atoms with van der Waals surface area (Å²) in [5.41, 5.74) is 3.80. The van der Waals surface area contributed by atoms with E-state index in [9.17, 15) is 4.79 Å². The molecular formula is C16H23NO2. The highest BCUT2D eigenvalue weighted by Crippen LogP contribution is 2.45. The molecule has 1 aliphatic carbocycles. The van der Waals surface area contributed by atoms with Crippen molar-refractivity contribution < 1.29 is 9.53 Å². The summed E-state index contributed by atoms with van der Waals surface area (Å²) >= 11 is 0. The molecule has 19 heavy (non-hydrogen) atoms. The molecule has 0 heterocycles. The lowest BCUT2D eigenvalue weighted by Crippen LogP contribution is -2.32. The van der Waals surface area contributed by atoms with Crippen LogP contribution in [0.3, 0.4) is 0 Å². The minimum absolute atomic E-state index is 0.0634. The van der Waals surface area contributed by atoms with Crippen LogP contribution in [-0.4, -0.2) is 26.2 Å². The second kappa shape index (κ2) is 5.74. The van der Waals surface area contributed by atoms with Crippen molar-refractivity contribution in [3.05, 3.63) is 34.9 Å². The van der Waals surface area contributed by atoms with Crippen LogP contribution in [0.1, 0.15) is 29.5 Å². The number of aryl methyl sites for hydroxylation is 2. The Bertz CT molecular complexity index is 464. The summed E-state index contributed by atoms with van der Waals surface area (Å²) in [6, 6.07) is 6.56. The molecule has 3 nitrogen and oxygen atoms in total. The van der Waals surface area contributed by atoms with Gasteiger partial charge >= 0.3 is 5.97 Å². The van der Waals surface area contributed by atoms with E-state index < -0.39 is 0 Å². The first kappa shape index (κ1) is 14.1. The van der Waals surface area contributed by atoms with Crippen LogP contribution >= 0.6 is 0 Å². The standard InChI is InChI=1S/C16H23NO2/c1-12-4-5-14(13(2)10-12)6-9-17-11-16(7-8-16)15(18)19-3/h4-5,10,17H,6-9,11H2,1-3H3. The zero-order chi connectivity index (χ0) is 13.9. The third-order valence-electron chi connectivity index (χ3n) is 4.00. The van der Waals surface area contributed by atoms with Gasteiger partial charge in [0.1, 0.15) is 0 Å². The number of esters is 1. The number of hydrogen-bond donors (Lipinski definition) is 1. The highest BCUT2D eigenvalue weighted by Gasteiger charge is 2.50. The second-order valence-corrected chi connectivity index (χ2v) is 5.63. The quantitative estimate of drug-likeness (QED) is 0.631. The van der Waals surface area contributed by atoms with Crippen molar-refractivity contribution in [2.75, 3.05) is 20.2 Å². The van der Waals surface area contributed by atoms with E-state index in [1.165, 1.54) is 23.8 Å². The maximum absolute atomic E-state index is 11.6. The molecular weight excluding hydrogens is 238 g/mol. The van der Waals surface area contributed by atoms with Crippen molar-refractivity contribution in [2.24, 2.45) is 5.41 Å². The van der Waals surface area contributed by atoms with Crippen molar-refractivity contribution in [3.63, 3.8) is 0 Å². The smallest absolute Gasteiger partial charge is 0.313 e. The van der Waals surface area contributed by atoms with Crippen molar-refractivity contribution in [1.82, 2.24) is 5.32 Å². The molecule has 1 aromatic carbocycles. The Morgan fingerprint density at radius 1 is 1.37 bits per heavy atom. The molecule has 3 heteroatoms. The van der Waals surface area contributed by atoms with Gasteiger partial charge in [-0.25, -0.2) is 0 Å². The van der Waals surface area contributed by atoms with E-state index in [0.717, 1.165) is 32.4 Å². The molecule has 0 amide bonds. The number of carbonyl (C=O) groups excluding carboxylic acids is 1. The molecule has 0 spiro atoms. The molecule has 0 bridgehead atoms. The summed E-state index contributed by atoms with van der Waals surface area (Å²) in [6.07, 6.45) is 2.91. The SMILES string of the molecule is COC(=O)C1(CNCCc2ccc(C)cc2C)CC1. The summed E-state index contributed by atoms with van der Waals surface area (Å²) in [6.45, 7) is 5.91. The summed E-state index contributed by atoms with van der Waals surface area (Å²) in [5.74, 6) is -0.0634. The molecule has 0 atom stereocenters. The van der Waals surface area contributed by atoms with Gasteiger partial charge in [-0.3, -0.25) is 4.79 Å². The summed E-state index contributed by atoms with van der Waals surface area (Å²) in [4.78, 5) is 11.6. The van der Waals surface area contributed by atoms with E-state index in [2.05, 4.69) is 37.4 Å². The number of carbonyl (C=O) groups is 1. The molecule has 0 unspecified atom stereocenters. The second-order valence-electron chi connectivity index (χ2n) is 5.63. The number of methoxy groups -OCH3 is 1. The van der Waals surface area contributed by atoms with Gasteiger partial charge in [0.2, 0.25) is 0 Å². The third-order valence-corrected chi connectivity index (χ3v) is 4.00. The van der Waals surface area contributed by atoms with Gasteiger partial charge in [0.05, 0.1) is 12.5 Å². The summed E-state index contributed by atoms with van der Waals surface area (Å²) in [7, 11) is 1.47. The predicted molar refractivity (Wildman–Crippen MR) is 76.2 cm³/mol. The maximum Gasteiger partial charge on any atom is 0.313 e. The largest absolute Gasteiger partial charge is 0.469 e. The van der Waals surface area contributed by atoms with Crippen LogP contribution < -0.4 is 5.32 Å². The lowest BCUT2D eigenvalue weighted by atomic mass is 10.0. The average molecular weight is 261 g/mol. The third kappa shape index (κ3) is 3.35. The van der Waals surface area contributed by atoms with Crippen molar-refractivity contribution in [2.45, 2.75) is 33.1 Å². The molecule has 1 fully saturated rings. The summed E-state index contributed by atoms with van der Waals surface area (Å²) < 4.78 is 4.85. The Morgan fingerprint density at radius 3 is 2.68 bits per heavy atom. The Hall–Kier alpha value is -1.35. The topological polar surface area (TPSA) is 38.3 Å². The first-order valence-electron chi connectivity index (χ1n) is 6.93. The van der Waals surface area contributed by atoms with Crippen molar-refractivity contribution in [3.8, 4) is 0 Å². The van der Waals surface area contributed by atoms with Crippen LogP contribution in [0.5, 0.6) is 0 Å². The fourth-order valence-corrected chi connectivity index (χ4v) is 2.50. The fraction of sp³-hybridized carbons (Fsp3) is 0.562.